The Morgan fingerprint density at radius 3 is 2.95 bits per heavy atom. The van der Waals surface area contributed by atoms with Gasteiger partial charge in [-0.3, -0.25) is 0 Å². The highest BCUT2D eigenvalue weighted by molar-refractivity contribution is 5.65. The maximum atomic E-state index is 5.76. The average molecular weight is 284 g/mol. The van der Waals surface area contributed by atoms with Crippen molar-refractivity contribution in [3.8, 4) is 17.1 Å². The minimum Gasteiger partial charge on any atom is -0.496 e. The molecule has 1 saturated heterocycles. The number of rotatable bonds is 4. The minimum absolute atomic E-state index is 0.565. The highest BCUT2D eigenvalue weighted by atomic mass is 16.5. The zero-order valence-electron chi connectivity index (χ0n) is 12.2. The van der Waals surface area contributed by atoms with E-state index in [2.05, 4.69) is 9.88 Å². The van der Waals surface area contributed by atoms with Crippen molar-refractivity contribution in [2.45, 2.75) is 6.42 Å². The van der Waals surface area contributed by atoms with Crippen LogP contribution in [0.25, 0.3) is 11.4 Å². The van der Waals surface area contributed by atoms with Crippen molar-refractivity contribution in [2.24, 2.45) is 11.7 Å². The number of methoxy groups -OCH3 is 1. The molecule has 2 heterocycles. The lowest BCUT2D eigenvalue weighted by molar-refractivity contribution is 0.416. The number of nitrogens with zero attached hydrogens (tertiary/aromatic N) is 3. The second-order valence-electron chi connectivity index (χ2n) is 5.28. The van der Waals surface area contributed by atoms with E-state index in [1.807, 2.05) is 30.3 Å². The smallest absolute Gasteiger partial charge is 0.165 e. The Balaban J connectivity index is 1.90. The van der Waals surface area contributed by atoms with Crippen LogP contribution in [0.4, 0.5) is 5.82 Å². The predicted octanol–water partition coefficient (Wildman–Crippen LogP) is 1.94. The van der Waals surface area contributed by atoms with E-state index >= 15 is 0 Å². The van der Waals surface area contributed by atoms with Crippen LogP contribution in [0, 0.1) is 5.92 Å². The maximum Gasteiger partial charge on any atom is 0.165 e. The summed E-state index contributed by atoms with van der Waals surface area (Å²) in [5, 5.41) is 0. The van der Waals surface area contributed by atoms with Gasteiger partial charge in [0.15, 0.2) is 5.82 Å². The quantitative estimate of drug-likeness (QED) is 0.929. The summed E-state index contributed by atoms with van der Waals surface area (Å²) in [6.45, 7) is 2.71. The summed E-state index contributed by atoms with van der Waals surface area (Å²) in [5.41, 5.74) is 6.67. The number of hydrogen-bond acceptors (Lipinski definition) is 5. The molecule has 1 fully saturated rings. The van der Waals surface area contributed by atoms with E-state index in [1.54, 1.807) is 13.3 Å². The van der Waals surface area contributed by atoms with E-state index in [9.17, 15) is 0 Å². The normalized spacial score (nSPS) is 18.0. The third-order valence-electron chi connectivity index (χ3n) is 3.93. The summed E-state index contributed by atoms with van der Waals surface area (Å²) < 4.78 is 5.39. The van der Waals surface area contributed by atoms with Gasteiger partial charge in [0.1, 0.15) is 11.6 Å². The van der Waals surface area contributed by atoms with E-state index in [1.165, 1.54) is 0 Å². The van der Waals surface area contributed by atoms with Crippen LogP contribution in [0.3, 0.4) is 0 Å². The first-order valence-electron chi connectivity index (χ1n) is 7.23. The molecule has 0 aliphatic carbocycles. The minimum atomic E-state index is 0.565. The van der Waals surface area contributed by atoms with Gasteiger partial charge in [-0.05, 0) is 37.1 Å². The first kappa shape index (κ1) is 13.8. The molecule has 2 N–H and O–H groups in total. The molecule has 1 aromatic carbocycles. The Morgan fingerprint density at radius 2 is 2.19 bits per heavy atom. The third kappa shape index (κ3) is 2.83. The summed E-state index contributed by atoms with van der Waals surface area (Å²) in [7, 11) is 1.66. The van der Waals surface area contributed by atoms with Crippen LogP contribution in [0.2, 0.25) is 0 Å². The molecule has 0 radical (unpaired) electrons. The summed E-state index contributed by atoms with van der Waals surface area (Å²) in [6.07, 6.45) is 2.93. The fourth-order valence-electron chi connectivity index (χ4n) is 2.72. The molecule has 1 aliphatic heterocycles. The Hall–Kier alpha value is -2.14. The van der Waals surface area contributed by atoms with Crippen LogP contribution in [-0.2, 0) is 0 Å². The molecule has 110 valence electrons. The lowest BCUT2D eigenvalue weighted by Gasteiger charge is -2.18. The lowest BCUT2D eigenvalue weighted by Crippen LogP contribution is -2.23. The van der Waals surface area contributed by atoms with Gasteiger partial charge >= 0.3 is 0 Å². The van der Waals surface area contributed by atoms with Crippen molar-refractivity contribution in [1.29, 1.82) is 0 Å². The second-order valence-corrected chi connectivity index (χ2v) is 5.28. The van der Waals surface area contributed by atoms with Gasteiger partial charge in [-0.25, -0.2) is 9.97 Å². The molecule has 0 amide bonds. The lowest BCUT2D eigenvalue weighted by atomic mass is 10.1. The van der Waals surface area contributed by atoms with Crippen LogP contribution in [0.5, 0.6) is 5.75 Å². The standard InChI is InChI=1S/C16H20N4O/c1-21-14-5-3-2-4-13(14)16-18-8-6-15(19-16)20-9-7-12(10-17)11-20/h2-6,8,12H,7,9-11,17H2,1H3/t12-/m1/s1. The van der Waals surface area contributed by atoms with E-state index < -0.39 is 0 Å². The number of benzene rings is 1. The number of hydrogen-bond donors (Lipinski definition) is 1. The van der Waals surface area contributed by atoms with E-state index in [0.717, 1.165) is 43.2 Å². The van der Waals surface area contributed by atoms with Gasteiger partial charge < -0.3 is 15.4 Å². The number of aromatic nitrogens is 2. The maximum absolute atomic E-state index is 5.76. The van der Waals surface area contributed by atoms with Gasteiger partial charge in [-0.1, -0.05) is 12.1 Å². The summed E-state index contributed by atoms with van der Waals surface area (Å²) >= 11 is 0. The van der Waals surface area contributed by atoms with Crippen molar-refractivity contribution in [3.05, 3.63) is 36.5 Å². The molecule has 0 unspecified atom stereocenters. The van der Waals surface area contributed by atoms with Crippen molar-refractivity contribution < 1.29 is 4.74 Å². The first-order valence-corrected chi connectivity index (χ1v) is 7.23. The second kappa shape index (κ2) is 6.10. The predicted molar refractivity (Wildman–Crippen MR) is 83.4 cm³/mol. The highest BCUT2D eigenvalue weighted by Crippen LogP contribution is 2.29. The van der Waals surface area contributed by atoms with Crippen molar-refractivity contribution >= 4 is 5.82 Å². The van der Waals surface area contributed by atoms with Crippen molar-refractivity contribution in [2.75, 3.05) is 31.6 Å². The molecule has 0 saturated carbocycles. The molecular weight excluding hydrogens is 264 g/mol. The zero-order chi connectivity index (χ0) is 14.7. The average Bonchev–Trinajstić information content (AvgIpc) is 3.04. The monoisotopic (exact) mass is 284 g/mol. The first-order chi connectivity index (χ1) is 10.3. The molecule has 0 spiro atoms. The zero-order valence-corrected chi connectivity index (χ0v) is 12.2. The van der Waals surface area contributed by atoms with Crippen LogP contribution in [0.15, 0.2) is 36.5 Å². The topological polar surface area (TPSA) is 64.3 Å². The largest absolute Gasteiger partial charge is 0.496 e. The number of anilines is 1. The van der Waals surface area contributed by atoms with Gasteiger partial charge in [0, 0.05) is 19.3 Å². The van der Waals surface area contributed by atoms with E-state index in [0.29, 0.717) is 11.7 Å². The Kier molecular flexibility index (Phi) is 4.01. The molecule has 2 aromatic rings. The molecule has 1 aliphatic rings. The number of nitrogens with two attached hydrogens (primary N) is 1. The molecule has 5 heteroatoms. The summed E-state index contributed by atoms with van der Waals surface area (Å²) in [4.78, 5) is 11.4. The van der Waals surface area contributed by atoms with Crippen LogP contribution in [0.1, 0.15) is 6.42 Å². The third-order valence-corrected chi connectivity index (χ3v) is 3.93. The molecule has 0 bridgehead atoms. The fraction of sp³-hybridized carbons (Fsp3) is 0.375. The van der Waals surface area contributed by atoms with Gasteiger partial charge in [0.2, 0.25) is 0 Å². The van der Waals surface area contributed by atoms with Gasteiger partial charge in [-0.2, -0.15) is 0 Å². The molecule has 1 atom stereocenters. The Morgan fingerprint density at radius 1 is 1.33 bits per heavy atom. The van der Waals surface area contributed by atoms with Crippen LogP contribution >= 0.6 is 0 Å². The van der Waals surface area contributed by atoms with E-state index in [4.69, 9.17) is 15.5 Å². The molecule has 1 aromatic heterocycles. The Labute approximate surface area is 124 Å². The van der Waals surface area contributed by atoms with Crippen molar-refractivity contribution in [3.63, 3.8) is 0 Å². The Bertz CT molecular complexity index is 617. The summed E-state index contributed by atoms with van der Waals surface area (Å²) in [5.74, 6) is 3.01. The van der Waals surface area contributed by atoms with E-state index in [-0.39, 0.29) is 0 Å². The molecule has 5 nitrogen and oxygen atoms in total. The van der Waals surface area contributed by atoms with Gasteiger partial charge in [0.25, 0.3) is 0 Å². The van der Waals surface area contributed by atoms with Crippen LogP contribution < -0.4 is 15.4 Å². The molecule has 3 rings (SSSR count). The highest BCUT2D eigenvalue weighted by Gasteiger charge is 2.22. The SMILES string of the molecule is COc1ccccc1-c1nccc(N2CC[C@H](CN)C2)n1. The summed E-state index contributed by atoms with van der Waals surface area (Å²) in [6, 6.07) is 9.76. The van der Waals surface area contributed by atoms with Gasteiger partial charge in [0.05, 0.1) is 12.7 Å². The number of para-hydroxylation sites is 1. The van der Waals surface area contributed by atoms with Crippen LogP contribution in [-0.4, -0.2) is 36.7 Å². The fourth-order valence-corrected chi connectivity index (χ4v) is 2.72. The van der Waals surface area contributed by atoms with Gasteiger partial charge in [-0.15, -0.1) is 0 Å². The molecule has 21 heavy (non-hydrogen) atoms. The van der Waals surface area contributed by atoms with Crippen molar-refractivity contribution in [1.82, 2.24) is 9.97 Å². The molecular formula is C16H20N4O. The number of ether oxygens (including phenoxy) is 1.